The summed E-state index contributed by atoms with van der Waals surface area (Å²) in [7, 11) is 1.56. The summed E-state index contributed by atoms with van der Waals surface area (Å²) in [5.74, 6) is 0.726. The lowest BCUT2D eigenvalue weighted by atomic mass is 10.1. The maximum absolute atomic E-state index is 12.2. The Morgan fingerprint density at radius 3 is 2.59 bits per heavy atom. The van der Waals surface area contributed by atoms with E-state index in [0.717, 1.165) is 15.2 Å². The molecular formula is C18H13BrO3. The highest BCUT2D eigenvalue weighted by Gasteiger charge is 2.10. The fourth-order valence-corrected chi connectivity index (χ4v) is 2.72. The van der Waals surface area contributed by atoms with Crippen LogP contribution in [0.1, 0.15) is 10.4 Å². The van der Waals surface area contributed by atoms with Crippen molar-refractivity contribution >= 4 is 32.7 Å². The van der Waals surface area contributed by atoms with Crippen LogP contribution in [0.2, 0.25) is 0 Å². The molecule has 0 N–H and O–H groups in total. The lowest BCUT2D eigenvalue weighted by Crippen LogP contribution is -2.08. The van der Waals surface area contributed by atoms with Crippen molar-refractivity contribution in [3.05, 3.63) is 70.7 Å². The van der Waals surface area contributed by atoms with Crippen molar-refractivity contribution < 1.29 is 14.3 Å². The second-order valence-corrected chi connectivity index (χ2v) is 5.60. The summed E-state index contributed by atoms with van der Waals surface area (Å²) < 4.78 is 11.6. The Bertz CT molecular complexity index is 843. The van der Waals surface area contributed by atoms with Crippen LogP contribution in [-0.4, -0.2) is 13.1 Å². The average Bonchev–Trinajstić information content (AvgIpc) is 2.55. The molecule has 0 atom stereocenters. The Morgan fingerprint density at radius 2 is 1.77 bits per heavy atom. The Balaban J connectivity index is 1.87. The van der Waals surface area contributed by atoms with E-state index in [2.05, 4.69) is 15.9 Å². The molecule has 3 aromatic rings. The van der Waals surface area contributed by atoms with E-state index in [0.29, 0.717) is 17.1 Å². The number of halogens is 1. The number of rotatable bonds is 3. The molecule has 3 rings (SSSR count). The van der Waals surface area contributed by atoms with Gasteiger partial charge in [-0.05, 0) is 53.2 Å². The van der Waals surface area contributed by atoms with Gasteiger partial charge in [-0.3, -0.25) is 0 Å². The van der Waals surface area contributed by atoms with Crippen LogP contribution in [0.3, 0.4) is 0 Å². The fourth-order valence-electron chi connectivity index (χ4n) is 2.20. The van der Waals surface area contributed by atoms with Gasteiger partial charge in [-0.25, -0.2) is 4.79 Å². The molecule has 0 fully saturated rings. The van der Waals surface area contributed by atoms with Crippen LogP contribution in [0.4, 0.5) is 0 Å². The highest BCUT2D eigenvalue weighted by atomic mass is 79.9. The lowest BCUT2D eigenvalue weighted by molar-refractivity contribution is 0.0734. The van der Waals surface area contributed by atoms with Crippen LogP contribution in [0, 0.1) is 0 Å². The van der Waals surface area contributed by atoms with Crippen LogP contribution >= 0.6 is 15.9 Å². The molecule has 22 heavy (non-hydrogen) atoms. The van der Waals surface area contributed by atoms with Gasteiger partial charge < -0.3 is 9.47 Å². The molecule has 0 heterocycles. The maximum Gasteiger partial charge on any atom is 0.343 e. The number of ether oxygens (including phenoxy) is 2. The fraction of sp³-hybridized carbons (Fsp3) is 0.0556. The zero-order chi connectivity index (χ0) is 15.5. The number of fused-ring (bicyclic) bond motifs is 1. The van der Waals surface area contributed by atoms with Crippen molar-refractivity contribution in [2.75, 3.05) is 7.11 Å². The summed E-state index contributed by atoms with van der Waals surface area (Å²) in [5.41, 5.74) is 0.452. The van der Waals surface area contributed by atoms with E-state index in [1.54, 1.807) is 37.4 Å². The Kier molecular flexibility index (Phi) is 4.11. The first-order chi connectivity index (χ1) is 10.7. The minimum absolute atomic E-state index is 0.409. The van der Waals surface area contributed by atoms with Crippen molar-refractivity contribution in [3.8, 4) is 11.5 Å². The third-order valence-corrected chi connectivity index (χ3v) is 4.01. The molecule has 0 spiro atoms. The van der Waals surface area contributed by atoms with E-state index in [-0.39, 0.29) is 0 Å². The van der Waals surface area contributed by atoms with Crippen molar-refractivity contribution in [2.45, 2.75) is 0 Å². The Morgan fingerprint density at radius 1 is 0.955 bits per heavy atom. The minimum atomic E-state index is -0.409. The Labute approximate surface area is 136 Å². The summed E-state index contributed by atoms with van der Waals surface area (Å²) in [4.78, 5) is 12.2. The first-order valence-corrected chi connectivity index (χ1v) is 7.51. The number of hydrogen-bond donors (Lipinski definition) is 0. The van der Waals surface area contributed by atoms with E-state index in [1.165, 1.54) is 0 Å². The van der Waals surface area contributed by atoms with E-state index < -0.39 is 5.97 Å². The molecule has 0 amide bonds. The van der Waals surface area contributed by atoms with Gasteiger partial charge in [-0.1, -0.05) is 34.1 Å². The van der Waals surface area contributed by atoms with Crippen LogP contribution < -0.4 is 9.47 Å². The van der Waals surface area contributed by atoms with Gasteiger partial charge in [0.25, 0.3) is 0 Å². The van der Waals surface area contributed by atoms with Crippen LogP contribution in [-0.2, 0) is 0 Å². The van der Waals surface area contributed by atoms with Crippen molar-refractivity contribution in [1.29, 1.82) is 0 Å². The number of carbonyl (C=O) groups is 1. The minimum Gasteiger partial charge on any atom is -0.497 e. The molecule has 3 nitrogen and oxygen atoms in total. The second kappa shape index (κ2) is 6.20. The Hall–Kier alpha value is -2.33. The molecule has 0 aromatic heterocycles. The highest BCUT2D eigenvalue weighted by molar-refractivity contribution is 9.10. The van der Waals surface area contributed by atoms with Gasteiger partial charge in [0.2, 0.25) is 0 Å². The zero-order valence-corrected chi connectivity index (χ0v) is 13.5. The smallest absolute Gasteiger partial charge is 0.343 e. The van der Waals surface area contributed by atoms with Crippen molar-refractivity contribution in [1.82, 2.24) is 0 Å². The van der Waals surface area contributed by atoms with Gasteiger partial charge in [-0.2, -0.15) is 0 Å². The van der Waals surface area contributed by atoms with Gasteiger partial charge >= 0.3 is 5.97 Å². The van der Waals surface area contributed by atoms with Crippen molar-refractivity contribution in [2.24, 2.45) is 0 Å². The molecule has 0 saturated carbocycles. The van der Waals surface area contributed by atoms with Gasteiger partial charge in [0, 0.05) is 4.47 Å². The van der Waals surface area contributed by atoms with E-state index >= 15 is 0 Å². The molecule has 0 bridgehead atoms. The first kappa shape index (κ1) is 14.6. The van der Waals surface area contributed by atoms with E-state index in [4.69, 9.17) is 9.47 Å². The lowest BCUT2D eigenvalue weighted by Gasteiger charge is -2.07. The second-order valence-electron chi connectivity index (χ2n) is 4.74. The van der Waals surface area contributed by atoms with Gasteiger partial charge in [0.1, 0.15) is 11.5 Å². The first-order valence-electron chi connectivity index (χ1n) is 6.72. The molecule has 0 unspecified atom stereocenters. The predicted octanol–water partition coefficient (Wildman–Crippen LogP) is 4.83. The molecule has 110 valence electrons. The van der Waals surface area contributed by atoms with E-state index in [9.17, 15) is 4.79 Å². The summed E-state index contributed by atoms with van der Waals surface area (Å²) >= 11 is 3.50. The van der Waals surface area contributed by atoms with Crippen LogP contribution in [0.25, 0.3) is 10.8 Å². The SMILES string of the molecule is COc1cccc(C(=O)Oc2ccc3c(Br)cccc3c2)c1. The highest BCUT2D eigenvalue weighted by Crippen LogP contribution is 2.27. The summed E-state index contributed by atoms with van der Waals surface area (Å²) in [5, 5.41) is 2.08. The average molecular weight is 357 g/mol. The number of benzene rings is 3. The molecule has 0 radical (unpaired) electrons. The number of methoxy groups -OCH3 is 1. The summed E-state index contributed by atoms with van der Waals surface area (Å²) in [6.45, 7) is 0. The zero-order valence-electron chi connectivity index (χ0n) is 11.9. The molecule has 4 heteroatoms. The number of hydrogen-bond acceptors (Lipinski definition) is 3. The van der Waals surface area contributed by atoms with Crippen LogP contribution in [0.15, 0.2) is 65.1 Å². The number of esters is 1. The van der Waals surface area contributed by atoms with Crippen LogP contribution in [0.5, 0.6) is 11.5 Å². The third-order valence-electron chi connectivity index (χ3n) is 3.31. The molecular weight excluding hydrogens is 344 g/mol. The third kappa shape index (κ3) is 2.97. The standard InChI is InChI=1S/C18H13BrO3/c1-21-14-6-2-5-13(11-14)18(20)22-15-8-9-16-12(10-15)4-3-7-17(16)19/h2-11H,1H3. The molecule has 0 aliphatic heterocycles. The molecule has 0 aliphatic carbocycles. The van der Waals surface area contributed by atoms with E-state index in [1.807, 2.05) is 30.3 Å². The summed E-state index contributed by atoms with van der Waals surface area (Å²) in [6.07, 6.45) is 0. The quantitative estimate of drug-likeness (QED) is 0.498. The van der Waals surface area contributed by atoms with Gasteiger partial charge in [0.15, 0.2) is 0 Å². The monoisotopic (exact) mass is 356 g/mol. The molecule has 0 aliphatic rings. The molecule has 0 saturated heterocycles. The normalized spacial score (nSPS) is 10.5. The maximum atomic E-state index is 12.2. The van der Waals surface area contributed by atoms with Gasteiger partial charge in [-0.15, -0.1) is 0 Å². The molecule has 3 aromatic carbocycles. The van der Waals surface area contributed by atoms with Gasteiger partial charge in [0.05, 0.1) is 12.7 Å². The van der Waals surface area contributed by atoms with Crippen molar-refractivity contribution in [3.63, 3.8) is 0 Å². The predicted molar refractivity (Wildman–Crippen MR) is 89.6 cm³/mol. The number of carbonyl (C=O) groups excluding carboxylic acids is 1. The largest absolute Gasteiger partial charge is 0.497 e. The summed E-state index contributed by atoms with van der Waals surface area (Å²) in [6, 6.07) is 18.3. The topological polar surface area (TPSA) is 35.5 Å².